The number of halogens is 1. The summed E-state index contributed by atoms with van der Waals surface area (Å²) in [5.74, 6) is 2.47. The average molecular weight is 482 g/mol. The van der Waals surface area contributed by atoms with Gasteiger partial charge in [0.15, 0.2) is 11.6 Å². The van der Waals surface area contributed by atoms with Gasteiger partial charge >= 0.3 is 0 Å². The number of hydrogen-bond acceptors (Lipinski definition) is 4. The summed E-state index contributed by atoms with van der Waals surface area (Å²) in [7, 11) is 0. The predicted molar refractivity (Wildman–Crippen MR) is 133 cm³/mol. The number of hydrogen-bond donors (Lipinski definition) is 1. The fraction of sp³-hybridized carbons (Fsp3) is 0.759. The van der Waals surface area contributed by atoms with Crippen LogP contribution in [0, 0.1) is 46.2 Å². The number of carbonyl (C=O) groups is 1. The number of ketones is 1. The summed E-state index contributed by atoms with van der Waals surface area (Å²) >= 11 is 0. The Morgan fingerprint density at radius 3 is 2.74 bits per heavy atom. The molecule has 2 aromatic rings. The fourth-order valence-corrected chi connectivity index (χ4v) is 9.83. The zero-order valence-corrected chi connectivity index (χ0v) is 21.5. The summed E-state index contributed by atoms with van der Waals surface area (Å²) in [6.45, 7) is 6.90. The Labute approximate surface area is 207 Å². The number of para-hydroxylation sites is 1. The van der Waals surface area contributed by atoms with Crippen LogP contribution >= 0.6 is 0 Å². The highest BCUT2D eigenvalue weighted by Crippen LogP contribution is 2.69. The summed E-state index contributed by atoms with van der Waals surface area (Å²) in [5.41, 5.74) is 0.721. The van der Waals surface area contributed by atoms with Gasteiger partial charge in [-0.1, -0.05) is 25.1 Å². The number of fused-ring (bicyclic) bond motifs is 6. The van der Waals surface area contributed by atoms with E-state index in [0.717, 1.165) is 44.4 Å². The van der Waals surface area contributed by atoms with Gasteiger partial charge in [0.25, 0.3) is 0 Å². The maximum absolute atomic E-state index is 14.5. The minimum absolute atomic E-state index is 0.0156. The van der Waals surface area contributed by atoms with E-state index in [1.54, 1.807) is 12.1 Å². The van der Waals surface area contributed by atoms with Crippen LogP contribution in [0.4, 0.5) is 4.39 Å². The molecule has 0 radical (unpaired) electrons. The van der Waals surface area contributed by atoms with Crippen LogP contribution in [0.1, 0.15) is 85.0 Å². The lowest BCUT2D eigenvalue weighted by atomic mass is 9.42. The van der Waals surface area contributed by atoms with Gasteiger partial charge in [0, 0.05) is 5.92 Å². The Morgan fingerprint density at radius 2 is 1.94 bits per heavy atom. The molecule has 190 valence electrons. The number of benzene rings is 1. The van der Waals surface area contributed by atoms with Gasteiger partial charge in [-0.3, -0.25) is 4.79 Å². The molecule has 4 fully saturated rings. The molecule has 1 N–H and O–H groups in total. The van der Waals surface area contributed by atoms with Crippen molar-refractivity contribution in [1.82, 2.24) is 15.0 Å². The highest BCUT2D eigenvalue weighted by molar-refractivity contribution is 5.84. The Kier molecular flexibility index (Phi) is 5.45. The van der Waals surface area contributed by atoms with Crippen molar-refractivity contribution in [2.75, 3.05) is 0 Å². The molecule has 0 unspecified atom stereocenters. The summed E-state index contributed by atoms with van der Waals surface area (Å²) in [6.07, 6.45) is 11.1. The van der Waals surface area contributed by atoms with Crippen molar-refractivity contribution in [2.45, 2.75) is 97.1 Å². The Balaban J connectivity index is 1.24. The number of aromatic nitrogens is 3. The van der Waals surface area contributed by atoms with E-state index in [9.17, 15) is 14.3 Å². The number of aliphatic hydroxyl groups is 1. The van der Waals surface area contributed by atoms with Crippen molar-refractivity contribution >= 4 is 16.8 Å². The quantitative estimate of drug-likeness (QED) is 0.587. The van der Waals surface area contributed by atoms with Crippen molar-refractivity contribution in [3.63, 3.8) is 0 Å². The van der Waals surface area contributed by atoms with Crippen molar-refractivity contribution in [2.24, 2.45) is 40.4 Å². The lowest BCUT2D eigenvalue weighted by Crippen LogP contribution is -2.56. The van der Waals surface area contributed by atoms with Crippen LogP contribution in [0.25, 0.3) is 11.0 Å². The predicted octanol–water partition coefficient (Wildman–Crippen LogP) is 5.94. The first-order chi connectivity index (χ1) is 16.7. The molecule has 4 aliphatic carbocycles. The van der Waals surface area contributed by atoms with E-state index in [2.05, 4.69) is 24.2 Å². The molecule has 0 bridgehead atoms. The van der Waals surface area contributed by atoms with Crippen molar-refractivity contribution < 1.29 is 14.3 Å². The monoisotopic (exact) mass is 481 g/mol. The molecule has 4 saturated carbocycles. The van der Waals surface area contributed by atoms with E-state index >= 15 is 0 Å². The van der Waals surface area contributed by atoms with Crippen LogP contribution in [0.3, 0.4) is 0 Å². The second kappa shape index (κ2) is 8.09. The maximum atomic E-state index is 14.5. The highest BCUT2D eigenvalue weighted by Gasteiger charge is 2.62. The van der Waals surface area contributed by atoms with Crippen molar-refractivity contribution in [1.29, 1.82) is 0 Å². The molecule has 4 aliphatic rings. The molecule has 1 heterocycles. The second-order valence-electron chi connectivity index (χ2n) is 12.9. The second-order valence-corrected chi connectivity index (χ2v) is 12.9. The molecule has 5 nitrogen and oxygen atoms in total. The van der Waals surface area contributed by atoms with Gasteiger partial charge in [-0.05, 0) is 118 Å². The van der Waals surface area contributed by atoms with E-state index in [-0.39, 0.29) is 29.5 Å². The molecule has 0 aliphatic heterocycles. The van der Waals surface area contributed by atoms with Gasteiger partial charge in [0.1, 0.15) is 17.6 Å². The summed E-state index contributed by atoms with van der Waals surface area (Å²) in [4.78, 5) is 13.7. The van der Waals surface area contributed by atoms with E-state index < -0.39 is 5.60 Å². The first-order valence-electron chi connectivity index (χ1n) is 13.9. The van der Waals surface area contributed by atoms with E-state index in [1.807, 2.05) is 6.92 Å². The largest absolute Gasteiger partial charge is 0.390 e. The summed E-state index contributed by atoms with van der Waals surface area (Å²) in [6, 6.07) is 4.78. The maximum Gasteiger partial charge on any atom is 0.157 e. The Bertz CT molecular complexity index is 1140. The molecule has 0 amide bonds. The van der Waals surface area contributed by atoms with Gasteiger partial charge in [-0.25, -0.2) is 9.07 Å². The van der Waals surface area contributed by atoms with Gasteiger partial charge in [0.2, 0.25) is 0 Å². The van der Waals surface area contributed by atoms with Crippen LogP contribution in [-0.2, 0) is 11.3 Å². The summed E-state index contributed by atoms with van der Waals surface area (Å²) in [5, 5.41) is 19.0. The lowest BCUT2D eigenvalue weighted by molar-refractivity contribution is -0.158. The standard InChI is InChI=1S/C29H40FN3O2/c1-4-29-15-14-27(2,35)16-18(29)8-9-19-20-10-11-22(28(20,3)13-12-21(19)29)25(34)17-33-26-23(30)6-5-7-24(26)31-32-33/h5-7,18-22,35H,4,8-17H2,1-3H3/t18-,19-,20-,21-,22+,27+,28-,29-/m0/s1. The zero-order valence-electron chi connectivity index (χ0n) is 21.5. The van der Waals surface area contributed by atoms with Gasteiger partial charge in [0.05, 0.1) is 5.60 Å². The molecule has 8 atom stereocenters. The lowest BCUT2D eigenvalue weighted by Gasteiger charge is -2.63. The third-order valence-electron chi connectivity index (χ3n) is 11.5. The van der Waals surface area contributed by atoms with E-state index in [1.165, 1.54) is 36.4 Å². The molecule has 6 rings (SSSR count). The van der Waals surface area contributed by atoms with Gasteiger partial charge < -0.3 is 5.11 Å². The van der Waals surface area contributed by atoms with Crippen LogP contribution < -0.4 is 0 Å². The smallest absolute Gasteiger partial charge is 0.157 e. The molecular formula is C29H40FN3O2. The van der Waals surface area contributed by atoms with Crippen LogP contribution in [0.5, 0.6) is 0 Å². The van der Waals surface area contributed by atoms with Crippen molar-refractivity contribution in [3.05, 3.63) is 24.0 Å². The topological polar surface area (TPSA) is 68.0 Å². The molecular weight excluding hydrogens is 441 g/mol. The SMILES string of the molecule is CC[C@]12CC[C@@](C)(O)C[C@@H]1CC[C@H]1[C@@H]3CC[C@H](C(=O)Cn4nnc5cccc(F)c54)[C@@]3(C)CC[C@@H]12. The third kappa shape index (κ3) is 3.45. The molecule has 35 heavy (non-hydrogen) atoms. The van der Waals surface area contributed by atoms with Crippen LogP contribution in [0.15, 0.2) is 18.2 Å². The highest BCUT2D eigenvalue weighted by atomic mass is 19.1. The number of carbonyl (C=O) groups excluding carboxylic acids is 1. The van der Waals surface area contributed by atoms with E-state index in [0.29, 0.717) is 34.2 Å². The Hall–Kier alpha value is -1.82. The third-order valence-corrected chi connectivity index (χ3v) is 11.5. The first kappa shape index (κ1) is 23.6. The fourth-order valence-electron chi connectivity index (χ4n) is 9.83. The number of nitrogens with zero attached hydrogens (tertiary/aromatic N) is 3. The molecule has 6 heteroatoms. The van der Waals surface area contributed by atoms with Crippen molar-refractivity contribution in [3.8, 4) is 0 Å². The molecule has 1 aromatic carbocycles. The minimum Gasteiger partial charge on any atom is -0.390 e. The molecule has 1 aromatic heterocycles. The number of Topliss-reactive ketones (excluding diaryl/α,β-unsaturated/α-hetero) is 1. The summed E-state index contributed by atoms with van der Waals surface area (Å²) < 4.78 is 15.9. The van der Waals surface area contributed by atoms with Gasteiger partial charge in [-0.2, -0.15) is 0 Å². The first-order valence-corrected chi connectivity index (χ1v) is 13.9. The molecule has 0 spiro atoms. The minimum atomic E-state index is -0.505. The number of rotatable bonds is 4. The van der Waals surface area contributed by atoms with Crippen LogP contribution in [0.2, 0.25) is 0 Å². The average Bonchev–Trinajstić information content (AvgIpc) is 3.39. The Morgan fingerprint density at radius 1 is 1.11 bits per heavy atom. The van der Waals surface area contributed by atoms with E-state index in [4.69, 9.17) is 0 Å². The normalized spacial score (nSPS) is 42.9. The van der Waals surface area contributed by atoms with Crippen LogP contribution in [-0.4, -0.2) is 31.5 Å². The molecule has 0 saturated heterocycles. The zero-order chi connectivity index (χ0) is 24.6. The van der Waals surface area contributed by atoms with Gasteiger partial charge in [-0.15, -0.1) is 5.10 Å².